The van der Waals surface area contributed by atoms with Crippen LogP contribution in [0.1, 0.15) is 75.2 Å². The summed E-state index contributed by atoms with van der Waals surface area (Å²) in [6.45, 7) is 12.4. The highest BCUT2D eigenvalue weighted by Gasteiger charge is 2.24. The number of amides is 1. The number of benzene rings is 1. The summed E-state index contributed by atoms with van der Waals surface area (Å²) in [6, 6.07) is 7.20. The van der Waals surface area contributed by atoms with Gasteiger partial charge >= 0.3 is 0 Å². The summed E-state index contributed by atoms with van der Waals surface area (Å²) in [6.07, 6.45) is 0. The first-order valence-electron chi connectivity index (χ1n) is 9.21. The second-order valence-corrected chi connectivity index (χ2v) is 7.99. The van der Waals surface area contributed by atoms with Crippen LogP contribution in [0.25, 0.3) is 0 Å². The molecule has 1 aromatic carbocycles. The third-order valence-corrected chi connectivity index (χ3v) is 4.45. The van der Waals surface area contributed by atoms with Gasteiger partial charge in [-0.05, 0) is 51.8 Å². The second kappa shape index (κ2) is 8.03. The van der Waals surface area contributed by atoms with Crippen molar-refractivity contribution in [1.82, 2.24) is 15.1 Å². The van der Waals surface area contributed by atoms with E-state index in [4.69, 9.17) is 9.47 Å². The van der Waals surface area contributed by atoms with Crippen LogP contribution in [0.4, 0.5) is 0 Å². The van der Waals surface area contributed by atoms with E-state index in [1.807, 2.05) is 35.9 Å². The van der Waals surface area contributed by atoms with E-state index in [0.29, 0.717) is 17.2 Å². The standard InChI is InChI=1S/C21H31N3O3/c1-13(2)18-12-17(23-24(18)21(4,5)6)20(25)22-14(3)16-10-9-15(26-7)11-19(16)27-8/h9-14H,1-8H3,(H,22,25). The number of hydrogen-bond acceptors (Lipinski definition) is 4. The molecule has 0 aliphatic heterocycles. The van der Waals surface area contributed by atoms with Crippen LogP contribution in [0.15, 0.2) is 24.3 Å². The molecule has 1 atom stereocenters. The Morgan fingerprint density at radius 2 is 1.78 bits per heavy atom. The number of rotatable bonds is 6. The lowest BCUT2D eigenvalue weighted by atomic mass is 10.1. The van der Waals surface area contributed by atoms with Gasteiger partial charge in [0.05, 0.1) is 25.8 Å². The van der Waals surface area contributed by atoms with E-state index in [9.17, 15) is 4.79 Å². The SMILES string of the molecule is COc1ccc(C(C)NC(=O)c2cc(C(C)C)n(C(C)(C)C)n2)c(OC)c1. The third-order valence-electron chi connectivity index (χ3n) is 4.45. The Morgan fingerprint density at radius 1 is 1.11 bits per heavy atom. The van der Waals surface area contributed by atoms with E-state index < -0.39 is 0 Å². The van der Waals surface area contributed by atoms with Crippen LogP contribution in [0.5, 0.6) is 11.5 Å². The zero-order valence-corrected chi connectivity index (χ0v) is 17.6. The van der Waals surface area contributed by atoms with E-state index in [1.165, 1.54) is 0 Å². The first kappa shape index (κ1) is 20.8. The van der Waals surface area contributed by atoms with E-state index in [-0.39, 0.29) is 23.4 Å². The van der Waals surface area contributed by atoms with Gasteiger partial charge in [-0.3, -0.25) is 9.48 Å². The molecule has 1 heterocycles. The Hall–Kier alpha value is -2.50. The Balaban J connectivity index is 2.27. The van der Waals surface area contributed by atoms with Crippen LogP contribution in [-0.2, 0) is 5.54 Å². The number of nitrogens with one attached hydrogen (secondary N) is 1. The molecule has 0 radical (unpaired) electrons. The van der Waals surface area contributed by atoms with Crippen LogP contribution >= 0.6 is 0 Å². The number of methoxy groups -OCH3 is 2. The van der Waals surface area contributed by atoms with Gasteiger partial charge in [-0.15, -0.1) is 0 Å². The lowest BCUT2D eigenvalue weighted by molar-refractivity contribution is 0.0933. The number of nitrogens with zero attached hydrogens (tertiary/aromatic N) is 2. The Morgan fingerprint density at radius 3 is 2.26 bits per heavy atom. The first-order chi connectivity index (χ1) is 12.6. The van der Waals surface area contributed by atoms with E-state index in [2.05, 4.69) is 45.0 Å². The number of carbonyl (C=O) groups is 1. The zero-order valence-electron chi connectivity index (χ0n) is 17.6. The molecular weight excluding hydrogens is 342 g/mol. The predicted octanol–water partition coefficient (Wildman–Crippen LogP) is 4.27. The molecule has 0 saturated heterocycles. The molecule has 0 spiro atoms. The molecule has 1 aromatic heterocycles. The first-order valence-corrected chi connectivity index (χ1v) is 9.21. The average molecular weight is 373 g/mol. The molecule has 1 N–H and O–H groups in total. The summed E-state index contributed by atoms with van der Waals surface area (Å²) in [4.78, 5) is 12.8. The maximum Gasteiger partial charge on any atom is 0.272 e. The second-order valence-electron chi connectivity index (χ2n) is 7.99. The highest BCUT2D eigenvalue weighted by molar-refractivity contribution is 5.92. The highest BCUT2D eigenvalue weighted by Crippen LogP contribution is 2.30. The molecule has 27 heavy (non-hydrogen) atoms. The van der Waals surface area contributed by atoms with Gasteiger partial charge in [0.25, 0.3) is 5.91 Å². The fourth-order valence-electron chi connectivity index (χ4n) is 2.98. The van der Waals surface area contributed by atoms with Gasteiger partial charge in [0, 0.05) is 17.3 Å². The molecule has 1 amide bonds. The van der Waals surface area contributed by atoms with Gasteiger partial charge in [-0.25, -0.2) is 0 Å². The molecule has 0 aliphatic carbocycles. The smallest absolute Gasteiger partial charge is 0.272 e. The molecule has 148 valence electrons. The summed E-state index contributed by atoms with van der Waals surface area (Å²) in [7, 11) is 3.21. The van der Waals surface area contributed by atoms with Crippen molar-refractivity contribution in [2.45, 2.75) is 59.0 Å². The lowest BCUT2D eigenvalue weighted by Gasteiger charge is -2.23. The number of ether oxygens (including phenoxy) is 2. The fourth-order valence-corrected chi connectivity index (χ4v) is 2.98. The molecule has 6 heteroatoms. The summed E-state index contributed by atoms with van der Waals surface area (Å²) in [5, 5.41) is 7.59. The van der Waals surface area contributed by atoms with Crippen molar-refractivity contribution in [2.75, 3.05) is 14.2 Å². The molecule has 0 aliphatic rings. The van der Waals surface area contributed by atoms with Crippen molar-refractivity contribution >= 4 is 5.91 Å². The lowest BCUT2D eigenvalue weighted by Crippen LogP contribution is -2.29. The van der Waals surface area contributed by atoms with Crippen LogP contribution in [0, 0.1) is 0 Å². The highest BCUT2D eigenvalue weighted by atomic mass is 16.5. The van der Waals surface area contributed by atoms with Crippen molar-refractivity contribution in [3.8, 4) is 11.5 Å². The van der Waals surface area contributed by atoms with Crippen LogP contribution in [0.2, 0.25) is 0 Å². The molecule has 2 rings (SSSR count). The monoisotopic (exact) mass is 373 g/mol. The zero-order chi connectivity index (χ0) is 20.4. The minimum atomic E-state index is -0.236. The maximum atomic E-state index is 12.8. The summed E-state index contributed by atoms with van der Waals surface area (Å²) in [5.41, 5.74) is 2.16. The Kier molecular flexibility index (Phi) is 6.19. The topological polar surface area (TPSA) is 65.4 Å². The molecule has 0 bridgehead atoms. The van der Waals surface area contributed by atoms with Gasteiger partial charge in [0.2, 0.25) is 0 Å². The third kappa shape index (κ3) is 4.62. The van der Waals surface area contributed by atoms with Crippen LogP contribution in [-0.4, -0.2) is 29.9 Å². The van der Waals surface area contributed by atoms with Gasteiger partial charge in [0.1, 0.15) is 17.2 Å². The van der Waals surface area contributed by atoms with Crippen LogP contribution in [0.3, 0.4) is 0 Å². The maximum absolute atomic E-state index is 12.8. The van der Waals surface area contributed by atoms with Gasteiger partial charge < -0.3 is 14.8 Å². The summed E-state index contributed by atoms with van der Waals surface area (Å²) < 4.78 is 12.6. The molecule has 0 saturated carbocycles. The summed E-state index contributed by atoms with van der Waals surface area (Å²) >= 11 is 0. The number of hydrogen-bond donors (Lipinski definition) is 1. The van der Waals surface area contributed by atoms with Gasteiger partial charge in [0.15, 0.2) is 0 Å². The molecule has 1 unspecified atom stereocenters. The fraction of sp³-hybridized carbons (Fsp3) is 0.524. The van der Waals surface area contributed by atoms with Crippen molar-refractivity contribution in [3.05, 3.63) is 41.2 Å². The minimum Gasteiger partial charge on any atom is -0.497 e. The van der Waals surface area contributed by atoms with Crippen LogP contribution < -0.4 is 14.8 Å². The normalized spacial score (nSPS) is 12.8. The largest absolute Gasteiger partial charge is 0.497 e. The van der Waals surface area contributed by atoms with Gasteiger partial charge in [-0.2, -0.15) is 5.10 Å². The number of aromatic nitrogens is 2. The quantitative estimate of drug-likeness (QED) is 0.821. The van der Waals surface area contributed by atoms with Crippen molar-refractivity contribution < 1.29 is 14.3 Å². The van der Waals surface area contributed by atoms with Crippen molar-refractivity contribution in [3.63, 3.8) is 0 Å². The molecule has 2 aromatic rings. The molecule has 0 fully saturated rings. The molecule has 6 nitrogen and oxygen atoms in total. The Bertz CT molecular complexity index is 803. The number of carbonyl (C=O) groups excluding carboxylic acids is 1. The average Bonchev–Trinajstić information content (AvgIpc) is 3.07. The van der Waals surface area contributed by atoms with Crippen molar-refractivity contribution in [2.24, 2.45) is 0 Å². The van der Waals surface area contributed by atoms with Crippen molar-refractivity contribution in [1.29, 1.82) is 0 Å². The van der Waals surface area contributed by atoms with Gasteiger partial charge in [-0.1, -0.05) is 13.8 Å². The van der Waals surface area contributed by atoms with E-state index in [1.54, 1.807) is 14.2 Å². The Labute approximate surface area is 161 Å². The predicted molar refractivity (Wildman–Crippen MR) is 107 cm³/mol. The van der Waals surface area contributed by atoms with E-state index >= 15 is 0 Å². The summed E-state index contributed by atoms with van der Waals surface area (Å²) in [5.74, 6) is 1.45. The minimum absolute atomic E-state index is 0.192. The van der Waals surface area contributed by atoms with E-state index in [0.717, 1.165) is 11.3 Å². The molecular formula is C21H31N3O3.